The van der Waals surface area contributed by atoms with Crippen molar-refractivity contribution >= 4 is 24.4 Å². The van der Waals surface area contributed by atoms with Gasteiger partial charge in [0.2, 0.25) is 0 Å². The molecule has 0 aliphatic heterocycles. The molecule has 4 heavy (non-hydrogen) atoms. The molecular weight excluding hydrogens is 432 g/mol. The second-order valence-electron chi connectivity index (χ2n) is 0. The van der Waals surface area contributed by atoms with Crippen LogP contribution in [0.3, 0.4) is 0 Å². The first kappa shape index (κ1) is 32.9. The third-order valence-corrected chi connectivity index (χ3v) is 0. The molecule has 0 amide bonds. The van der Waals surface area contributed by atoms with E-state index in [0.717, 1.165) is 0 Å². The standard InChI is InChI=1S/Fe.O.Sb.U/q+2;-2;+3;. The molecule has 0 atom stereocenters. The predicted molar refractivity (Wildman–Crippen MR) is 6.44 cm³/mol. The zero-order valence-electron chi connectivity index (χ0n) is 1.71. The van der Waals surface area contributed by atoms with Gasteiger partial charge < -0.3 is 5.48 Å². The van der Waals surface area contributed by atoms with Crippen LogP contribution in [-0.2, 0) is 22.5 Å². The van der Waals surface area contributed by atoms with Gasteiger partial charge in [0, 0.05) is 31.1 Å². The maximum Gasteiger partial charge on any atom is 3.00 e. The molecule has 0 aromatic heterocycles. The van der Waals surface area contributed by atoms with E-state index in [1.165, 1.54) is 0 Å². The van der Waals surface area contributed by atoms with E-state index in [4.69, 9.17) is 0 Å². The van der Waals surface area contributed by atoms with Crippen molar-refractivity contribution < 1.29 is 53.7 Å². The summed E-state index contributed by atoms with van der Waals surface area (Å²) in [6.45, 7) is 0. The van der Waals surface area contributed by atoms with Crippen molar-refractivity contribution in [3.05, 3.63) is 0 Å². The Morgan fingerprint density at radius 1 is 1.00 bits per heavy atom. The second kappa shape index (κ2) is 18.3. The number of hydrogen-bond acceptors (Lipinski definition) is 0. The van der Waals surface area contributed by atoms with Crippen LogP contribution in [0.1, 0.15) is 0 Å². The van der Waals surface area contributed by atoms with Gasteiger partial charge in [-0.3, -0.25) is 0 Å². The van der Waals surface area contributed by atoms with E-state index in [-0.39, 0.29) is 78.1 Å². The monoisotopic (exact) mass is 431 g/mol. The average molecular weight is 432 g/mol. The van der Waals surface area contributed by atoms with Crippen molar-refractivity contribution in [2.45, 2.75) is 0 Å². The molecule has 0 bridgehead atoms. The molecule has 0 rings (SSSR count). The molecule has 1 nitrogen and oxygen atoms in total. The fourth-order valence-corrected chi connectivity index (χ4v) is 0. The summed E-state index contributed by atoms with van der Waals surface area (Å²) in [6.07, 6.45) is 0. The molecule has 0 aliphatic rings. The van der Waals surface area contributed by atoms with E-state index in [1.807, 2.05) is 0 Å². The minimum Gasteiger partial charge on any atom is -2.00 e. The molecular formula is FeOSbU+3. The van der Waals surface area contributed by atoms with Gasteiger partial charge >= 0.3 is 41.5 Å². The Balaban J connectivity index is 0. The molecule has 4 heteroatoms. The maximum atomic E-state index is 0. The van der Waals surface area contributed by atoms with E-state index in [9.17, 15) is 0 Å². The van der Waals surface area contributed by atoms with Crippen LogP contribution in [0.2, 0.25) is 0 Å². The van der Waals surface area contributed by atoms with Crippen LogP contribution in [0, 0.1) is 31.1 Å². The van der Waals surface area contributed by atoms with Crippen molar-refractivity contribution in [1.82, 2.24) is 0 Å². The van der Waals surface area contributed by atoms with Gasteiger partial charge in [0.25, 0.3) is 0 Å². The molecule has 0 aromatic carbocycles. The summed E-state index contributed by atoms with van der Waals surface area (Å²) in [4.78, 5) is 0. The Labute approximate surface area is 76.9 Å². The van der Waals surface area contributed by atoms with Crippen molar-refractivity contribution in [2.75, 3.05) is 0 Å². The smallest absolute Gasteiger partial charge is 2.00 e. The van der Waals surface area contributed by atoms with Crippen LogP contribution >= 0.6 is 0 Å². The van der Waals surface area contributed by atoms with Gasteiger partial charge in [-0.1, -0.05) is 0 Å². The number of hydrogen-bond donors (Lipinski definition) is 0. The molecule has 0 aliphatic carbocycles. The topological polar surface area (TPSA) is 28.5 Å². The third-order valence-electron chi connectivity index (χ3n) is 0. The summed E-state index contributed by atoms with van der Waals surface area (Å²) < 4.78 is 0. The summed E-state index contributed by atoms with van der Waals surface area (Å²) in [5.41, 5.74) is 0. The molecule has 0 saturated carbocycles. The molecule has 0 aromatic rings. The van der Waals surface area contributed by atoms with Gasteiger partial charge in [-0.25, -0.2) is 0 Å². The van der Waals surface area contributed by atoms with Crippen LogP contribution in [0.5, 0.6) is 0 Å². The predicted octanol–water partition coefficient (Wildman–Crippen LogP) is -0.502. The van der Waals surface area contributed by atoms with Crippen molar-refractivity contribution in [1.29, 1.82) is 0 Å². The Morgan fingerprint density at radius 3 is 1.00 bits per heavy atom. The summed E-state index contributed by atoms with van der Waals surface area (Å²) in [7, 11) is 0. The summed E-state index contributed by atoms with van der Waals surface area (Å²) in [6, 6.07) is 0. The SMILES string of the molecule is [Fe+2].[O-2].[Sb+3].[U]. The van der Waals surface area contributed by atoms with Crippen molar-refractivity contribution in [3.63, 3.8) is 0 Å². The van der Waals surface area contributed by atoms with Crippen LogP contribution in [-0.4, -0.2) is 24.4 Å². The van der Waals surface area contributed by atoms with E-state index < -0.39 is 0 Å². The first-order valence-electron chi connectivity index (χ1n) is 0. The average Bonchev–Trinajstić information content (AvgIpc) is 0. The van der Waals surface area contributed by atoms with Crippen LogP contribution < -0.4 is 0 Å². The van der Waals surface area contributed by atoms with Crippen LogP contribution in [0.15, 0.2) is 0 Å². The first-order valence-corrected chi connectivity index (χ1v) is 0. The molecule has 0 unspecified atom stereocenters. The minimum absolute atomic E-state index is 0. The minimum atomic E-state index is 0. The van der Waals surface area contributed by atoms with Gasteiger partial charge in [-0.05, 0) is 0 Å². The summed E-state index contributed by atoms with van der Waals surface area (Å²) in [5.74, 6) is 0. The Kier molecular flexibility index (Phi) is 151. The van der Waals surface area contributed by atoms with Crippen LogP contribution in [0.25, 0.3) is 0 Å². The number of rotatable bonds is 0. The molecule has 0 spiro atoms. The van der Waals surface area contributed by atoms with Gasteiger partial charge in [0.05, 0.1) is 0 Å². The molecule has 0 saturated heterocycles. The van der Waals surface area contributed by atoms with Crippen molar-refractivity contribution in [2.24, 2.45) is 0 Å². The summed E-state index contributed by atoms with van der Waals surface area (Å²) in [5, 5.41) is 0. The first-order chi connectivity index (χ1) is 0. The van der Waals surface area contributed by atoms with E-state index in [1.54, 1.807) is 0 Å². The van der Waals surface area contributed by atoms with Gasteiger partial charge in [0.1, 0.15) is 0 Å². The van der Waals surface area contributed by atoms with Gasteiger partial charge in [0.15, 0.2) is 0 Å². The van der Waals surface area contributed by atoms with Crippen LogP contribution in [0.4, 0.5) is 0 Å². The Bertz CT molecular complexity index is 8.00. The quantitative estimate of drug-likeness (QED) is 0.463. The molecule has 0 N–H and O–H groups in total. The van der Waals surface area contributed by atoms with E-state index in [0.29, 0.717) is 0 Å². The molecule has 0 fully saturated rings. The maximum absolute atomic E-state index is 0. The normalized spacial score (nSPS) is 0. The molecule has 0 heterocycles. The van der Waals surface area contributed by atoms with E-state index >= 15 is 0 Å². The molecule has 2 radical (unpaired) electrons. The fraction of sp³-hybridized carbons (Fsp3) is 0. The Morgan fingerprint density at radius 2 is 1.00 bits per heavy atom. The summed E-state index contributed by atoms with van der Waals surface area (Å²) >= 11 is 0. The molecule has 20 valence electrons. The van der Waals surface area contributed by atoms with Crippen molar-refractivity contribution in [3.8, 4) is 0 Å². The van der Waals surface area contributed by atoms with Gasteiger partial charge in [-0.15, -0.1) is 0 Å². The zero-order valence-corrected chi connectivity index (χ0v) is 9.53. The Hall–Kier alpha value is 2.35. The second-order valence-corrected chi connectivity index (χ2v) is 0. The largest absolute Gasteiger partial charge is 3.00 e. The van der Waals surface area contributed by atoms with E-state index in [2.05, 4.69) is 0 Å². The fourth-order valence-electron chi connectivity index (χ4n) is 0. The van der Waals surface area contributed by atoms with Gasteiger partial charge in [-0.2, -0.15) is 0 Å². The zero-order chi connectivity index (χ0) is 0. The third kappa shape index (κ3) is 8.84.